The van der Waals surface area contributed by atoms with E-state index < -0.39 is 21.9 Å². The molecule has 2 heterocycles. The summed E-state index contributed by atoms with van der Waals surface area (Å²) < 4.78 is 32.6. The molecule has 0 unspecified atom stereocenters. The number of ether oxygens (including phenoxy) is 1. The van der Waals surface area contributed by atoms with Gasteiger partial charge in [-0.1, -0.05) is 0 Å². The van der Waals surface area contributed by atoms with Gasteiger partial charge in [-0.3, -0.25) is 0 Å². The van der Waals surface area contributed by atoms with Gasteiger partial charge in [-0.2, -0.15) is 12.7 Å². The highest BCUT2D eigenvalue weighted by Gasteiger charge is 2.35. The minimum atomic E-state index is -3.63. The van der Waals surface area contributed by atoms with Crippen LogP contribution in [-0.4, -0.2) is 63.9 Å². The van der Waals surface area contributed by atoms with E-state index in [1.54, 1.807) is 32.6 Å². The molecule has 0 saturated carbocycles. The van der Waals surface area contributed by atoms with Gasteiger partial charge in [-0.25, -0.2) is 13.8 Å². The zero-order valence-corrected chi connectivity index (χ0v) is 14.1. The summed E-state index contributed by atoms with van der Waals surface area (Å²) in [7, 11) is -3.63. The van der Waals surface area contributed by atoms with Crippen LogP contribution in [0, 0.1) is 0 Å². The molecule has 1 saturated heterocycles. The Hall–Kier alpha value is -1.61. The van der Waals surface area contributed by atoms with E-state index in [1.807, 2.05) is 0 Å². The van der Waals surface area contributed by atoms with Crippen molar-refractivity contribution in [1.29, 1.82) is 0 Å². The molecule has 1 aromatic rings. The van der Waals surface area contributed by atoms with Crippen LogP contribution in [0.3, 0.4) is 0 Å². The standard InChI is InChI=1S/C13H22N4O4S/c1-11-9-15(22(19,20)16-6-5-14-10-16)7-8-17(11)12(18)21-13(2,3)4/h5-6,10-11H,7-9H2,1-4H3/t11-/m0/s1. The van der Waals surface area contributed by atoms with Crippen LogP contribution in [0.25, 0.3) is 0 Å². The fourth-order valence-corrected chi connectivity index (χ4v) is 3.61. The van der Waals surface area contributed by atoms with E-state index in [2.05, 4.69) is 4.98 Å². The van der Waals surface area contributed by atoms with Crippen molar-refractivity contribution in [2.75, 3.05) is 19.6 Å². The Kier molecular flexibility index (Phi) is 4.48. The molecular formula is C13H22N4O4S. The zero-order valence-electron chi connectivity index (χ0n) is 13.3. The van der Waals surface area contributed by atoms with E-state index in [9.17, 15) is 13.2 Å². The predicted molar refractivity (Wildman–Crippen MR) is 80.5 cm³/mol. The summed E-state index contributed by atoms with van der Waals surface area (Å²) in [6, 6.07) is -0.262. The second-order valence-electron chi connectivity index (χ2n) is 6.28. The molecule has 22 heavy (non-hydrogen) atoms. The highest BCUT2D eigenvalue weighted by atomic mass is 32.2. The molecule has 0 bridgehead atoms. The van der Waals surface area contributed by atoms with Crippen LogP contribution in [0.1, 0.15) is 27.7 Å². The van der Waals surface area contributed by atoms with Crippen molar-refractivity contribution in [3.8, 4) is 0 Å². The fraction of sp³-hybridized carbons (Fsp3) is 0.692. The Balaban J connectivity index is 2.06. The van der Waals surface area contributed by atoms with Gasteiger partial charge in [0.25, 0.3) is 0 Å². The van der Waals surface area contributed by atoms with Gasteiger partial charge in [0.1, 0.15) is 11.9 Å². The third-order valence-electron chi connectivity index (χ3n) is 3.29. The molecule has 8 nitrogen and oxygen atoms in total. The number of nitrogens with zero attached hydrogens (tertiary/aromatic N) is 4. The van der Waals surface area contributed by atoms with Crippen LogP contribution < -0.4 is 0 Å². The van der Waals surface area contributed by atoms with Gasteiger partial charge < -0.3 is 9.64 Å². The summed E-state index contributed by atoms with van der Waals surface area (Å²) in [5.41, 5.74) is -0.573. The third kappa shape index (κ3) is 3.58. The fourth-order valence-electron chi connectivity index (χ4n) is 2.24. The number of aromatic nitrogens is 2. The SMILES string of the molecule is C[C@H]1CN(S(=O)(=O)n2ccnc2)CCN1C(=O)OC(C)(C)C. The number of piperazine rings is 1. The van der Waals surface area contributed by atoms with E-state index >= 15 is 0 Å². The minimum absolute atomic E-state index is 0.222. The topological polar surface area (TPSA) is 84.7 Å². The first-order valence-electron chi connectivity index (χ1n) is 7.09. The van der Waals surface area contributed by atoms with Crippen LogP contribution in [-0.2, 0) is 14.9 Å². The van der Waals surface area contributed by atoms with Crippen molar-refractivity contribution in [2.24, 2.45) is 0 Å². The molecular weight excluding hydrogens is 308 g/mol. The first kappa shape index (κ1) is 16.8. The molecule has 0 aromatic carbocycles. The molecule has 1 aliphatic heterocycles. The molecule has 0 aliphatic carbocycles. The Bertz CT molecular complexity index is 621. The lowest BCUT2D eigenvalue weighted by molar-refractivity contribution is 0.00851. The monoisotopic (exact) mass is 330 g/mol. The summed E-state index contributed by atoms with van der Waals surface area (Å²) in [6.07, 6.45) is 3.64. The van der Waals surface area contributed by atoms with E-state index in [1.165, 1.54) is 23.0 Å². The van der Waals surface area contributed by atoms with Gasteiger partial charge in [0, 0.05) is 38.1 Å². The first-order valence-corrected chi connectivity index (χ1v) is 8.49. The first-order chi connectivity index (χ1) is 10.1. The van der Waals surface area contributed by atoms with Crippen molar-refractivity contribution in [3.05, 3.63) is 18.7 Å². The lowest BCUT2D eigenvalue weighted by Crippen LogP contribution is -2.56. The maximum Gasteiger partial charge on any atom is 0.410 e. The molecule has 0 radical (unpaired) electrons. The average Bonchev–Trinajstić information content (AvgIpc) is 2.90. The Morgan fingerprint density at radius 2 is 2.00 bits per heavy atom. The summed E-state index contributed by atoms with van der Waals surface area (Å²) in [4.78, 5) is 17.4. The Morgan fingerprint density at radius 1 is 1.32 bits per heavy atom. The summed E-state index contributed by atoms with van der Waals surface area (Å²) in [5.74, 6) is 0. The van der Waals surface area contributed by atoms with Gasteiger partial charge in [-0.15, -0.1) is 0 Å². The third-order valence-corrected chi connectivity index (χ3v) is 5.02. The summed E-state index contributed by atoms with van der Waals surface area (Å²) in [6.45, 7) is 7.95. The summed E-state index contributed by atoms with van der Waals surface area (Å²) >= 11 is 0. The number of carbonyl (C=O) groups is 1. The van der Waals surface area contributed by atoms with Gasteiger partial charge >= 0.3 is 16.3 Å². The van der Waals surface area contributed by atoms with Gasteiger partial charge in [0.05, 0.1) is 0 Å². The smallest absolute Gasteiger partial charge is 0.410 e. The minimum Gasteiger partial charge on any atom is -0.444 e. The maximum atomic E-state index is 12.4. The van der Waals surface area contributed by atoms with Crippen molar-refractivity contribution in [3.63, 3.8) is 0 Å². The van der Waals surface area contributed by atoms with Crippen molar-refractivity contribution >= 4 is 16.3 Å². The normalized spacial score (nSPS) is 20.9. The van der Waals surface area contributed by atoms with Crippen molar-refractivity contribution in [1.82, 2.24) is 18.2 Å². The maximum absolute atomic E-state index is 12.4. The molecule has 9 heteroatoms. The molecule has 124 valence electrons. The molecule has 1 atom stereocenters. The second kappa shape index (κ2) is 5.88. The highest BCUT2D eigenvalue weighted by Crippen LogP contribution is 2.18. The van der Waals surface area contributed by atoms with Crippen molar-refractivity contribution in [2.45, 2.75) is 39.3 Å². The van der Waals surface area contributed by atoms with Crippen LogP contribution in [0.15, 0.2) is 18.7 Å². The van der Waals surface area contributed by atoms with E-state index in [0.717, 1.165) is 3.97 Å². The van der Waals surface area contributed by atoms with Crippen LogP contribution >= 0.6 is 0 Å². The van der Waals surface area contributed by atoms with Crippen LogP contribution in [0.5, 0.6) is 0 Å². The number of hydrogen-bond acceptors (Lipinski definition) is 5. The summed E-state index contributed by atoms with van der Waals surface area (Å²) in [5, 5.41) is 0. The molecule has 1 fully saturated rings. The number of imidazole rings is 1. The van der Waals surface area contributed by atoms with Gasteiger partial charge in [0.15, 0.2) is 0 Å². The quantitative estimate of drug-likeness (QED) is 0.805. The number of rotatable bonds is 2. The number of hydrogen-bond donors (Lipinski definition) is 0. The Morgan fingerprint density at radius 3 is 2.50 bits per heavy atom. The van der Waals surface area contributed by atoms with Crippen LogP contribution in [0.4, 0.5) is 4.79 Å². The average molecular weight is 330 g/mol. The van der Waals surface area contributed by atoms with Gasteiger partial charge in [-0.05, 0) is 27.7 Å². The molecule has 0 N–H and O–H groups in total. The Labute approximate surface area is 130 Å². The van der Waals surface area contributed by atoms with E-state index in [4.69, 9.17) is 4.74 Å². The van der Waals surface area contributed by atoms with E-state index in [-0.39, 0.29) is 19.1 Å². The molecule has 1 amide bonds. The lowest BCUT2D eigenvalue weighted by atomic mass is 10.2. The number of carbonyl (C=O) groups excluding carboxylic acids is 1. The molecule has 1 aromatic heterocycles. The highest BCUT2D eigenvalue weighted by molar-refractivity contribution is 7.87. The predicted octanol–water partition coefficient (Wildman–Crippen LogP) is 0.917. The lowest BCUT2D eigenvalue weighted by Gasteiger charge is -2.39. The zero-order chi connectivity index (χ0) is 16.5. The molecule has 2 rings (SSSR count). The van der Waals surface area contributed by atoms with E-state index in [0.29, 0.717) is 6.54 Å². The second-order valence-corrected chi connectivity index (χ2v) is 8.11. The van der Waals surface area contributed by atoms with Crippen molar-refractivity contribution < 1.29 is 17.9 Å². The molecule has 1 aliphatic rings. The molecule has 0 spiro atoms. The van der Waals surface area contributed by atoms with Gasteiger partial charge in [0.2, 0.25) is 0 Å². The largest absolute Gasteiger partial charge is 0.444 e. The number of amides is 1. The van der Waals surface area contributed by atoms with Crippen LogP contribution in [0.2, 0.25) is 0 Å².